The second-order valence-corrected chi connectivity index (χ2v) is 7.52. The van der Waals surface area contributed by atoms with Crippen molar-refractivity contribution in [3.8, 4) is 5.75 Å². The lowest BCUT2D eigenvalue weighted by atomic mass is 9.95. The third-order valence-corrected chi connectivity index (χ3v) is 4.82. The molecule has 1 atom stereocenters. The highest BCUT2D eigenvalue weighted by atomic mass is 33.1. The maximum atomic E-state index is 5.82. The lowest BCUT2D eigenvalue weighted by Crippen LogP contribution is -2.24. The summed E-state index contributed by atoms with van der Waals surface area (Å²) in [6.07, 6.45) is 4.63. The van der Waals surface area contributed by atoms with E-state index in [1.54, 1.807) is 0 Å². The summed E-state index contributed by atoms with van der Waals surface area (Å²) in [5.41, 5.74) is 0.00723. The molecule has 1 aromatic rings. The summed E-state index contributed by atoms with van der Waals surface area (Å²) < 4.78 is 11.6. The van der Waals surface area contributed by atoms with Crippen LogP contribution in [-0.4, -0.2) is 18.8 Å². The molecular weight excluding hydrogens is 312 g/mol. The van der Waals surface area contributed by atoms with Gasteiger partial charge in [-0.3, -0.25) is 0 Å². The zero-order valence-corrected chi connectivity index (χ0v) is 15.9. The van der Waals surface area contributed by atoms with Gasteiger partial charge in [0.25, 0.3) is 0 Å². The van der Waals surface area contributed by atoms with E-state index in [4.69, 9.17) is 21.1 Å². The predicted molar refractivity (Wildman–Crippen MR) is 98.7 cm³/mol. The molecule has 0 bridgehead atoms. The van der Waals surface area contributed by atoms with Crippen LogP contribution < -0.4 is 4.74 Å². The first-order valence-corrected chi connectivity index (χ1v) is 9.87. The third-order valence-electron chi connectivity index (χ3n) is 3.79. The lowest BCUT2D eigenvalue weighted by molar-refractivity contribution is -0.0183. The number of hydrogen-bond donors (Lipinski definition) is 0. The quantitative estimate of drug-likeness (QED) is 0.441. The van der Waals surface area contributed by atoms with Gasteiger partial charge in [0, 0.05) is 11.5 Å². The standard InChI is InChI=1S/C18H29O2S2/c1-5-20-18(3,4)12-7-8-15(2)11-13-19-16-9-6-10-17(14-16)22-21/h6,9-10,14-15H,5,7-8,11-13H2,1-4H3. The van der Waals surface area contributed by atoms with Gasteiger partial charge in [-0.2, -0.15) is 0 Å². The first-order chi connectivity index (χ1) is 10.5. The average Bonchev–Trinajstić information content (AvgIpc) is 2.47. The molecule has 4 heteroatoms. The third kappa shape index (κ3) is 8.35. The van der Waals surface area contributed by atoms with E-state index < -0.39 is 0 Å². The van der Waals surface area contributed by atoms with Crippen LogP contribution in [0.4, 0.5) is 0 Å². The fourth-order valence-corrected chi connectivity index (χ4v) is 3.09. The van der Waals surface area contributed by atoms with Crippen molar-refractivity contribution in [3.05, 3.63) is 24.3 Å². The molecule has 0 saturated heterocycles. The Hall–Kier alpha value is -0.320. The number of rotatable bonds is 11. The Labute approximate surface area is 145 Å². The Bertz CT molecular complexity index is 421. The molecule has 0 aliphatic rings. The van der Waals surface area contributed by atoms with Gasteiger partial charge in [-0.25, -0.2) is 0 Å². The monoisotopic (exact) mass is 341 g/mol. The van der Waals surface area contributed by atoms with E-state index in [-0.39, 0.29) is 5.60 Å². The molecule has 0 heterocycles. The molecule has 0 aromatic heterocycles. The van der Waals surface area contributed by atoms with E-state index in [1.165, 1.54) is 23.6 Å². The Morgan fingerprint density at radius 2 is 2.05 bits per heavy atom. The molecule has 1 unspecified atom stereocenters. The molecule has 1 aromatic carbocycles. The average molecular weight is 342 g/mol. The van der Waals surface area contributed by atoms with Crippen molar-refractivity contribution in [2.24, 2.45) is 5.92 Å². The minimum atomic E-state index is 0.00723. The second kappa shape index (κ2) is 10.5. The van der Waals surface area contributed by atoms with Crippen molar-refractivity contribution >= 4 is 22.5 Å². The molecule has 0 spiro atoms. The molecule has 0 aliphatic heterocycles. The fraction of sp³-hybridized carbons (Fsp3) is 0.667. The first-order valence-electron chi connectivity index (χ1n) is 8.13. The van der Waals surface area contributed by atoms with Gasteiger partial charge < -0.3 is 9.47 Å². The van der Waals surface area contributed by atoms with Crippen LogP contribution >= 0.6 is 22.5 Å². The number of benzene rings is 1. The molecule has 1 rings (SSSR count). The normalized spacial score (nSPS) is 13.1. The maximum absolute atomic E-state index is 5.82. The maximum Gasteiger partial charge on any atom is 0.120 e. The number of ether oxygens (including phenoxy) is 2. The van der Waals surface area contributed by atoms with Crippen molar-refractivity contribution in [3.63, 3.8) is 0 Å². The molecular formula is C18H29O2S2. The van der Waals surface area contributed by atoms with Gasteiger partial charge in [-0.1, -0.05) is 25.8 Å². The highest BCUT2D eigenvalue weighted by Crippen LogP contribution is 2.26. The fourth-order valence-electron chi connectivity index (χ4n) is 2.48. The first kappa shape index (κ1) is 19.7. The highest BCUT2D eigenvalue weighted by Gasteiger charge is 2.17. The van der Waals surface area contributed by atoms with E-state index in [2.05, 4.69) is 27.7 Å². The molecule has 0 aliphatic carbocycles. The van der Waals surface area contributed by atoms with Crippen LogP contribution in [0.5, 0.6) is 5.75 Å². The lowest BCUT2D eigenvalue weighted by Gasteiger charge is -2.25. The molecule has 22 heavy (non-hydrogen) atoms. The van der Waals surface area contributed by atoms with Crippen LogP contribution in [0.1, 0.15) is 53.4 Å². The van der Waals surface area contributed by atoms with E-state index in [1.807, 2.05) is 24.3 Å². The van der Waals surface area contributed by atoms with Gasteiger partial charge >= 0.3 is 0 Å². The van der Waals surface area contributed by atoms with Crippen molar-refractivity contribution < 1.29 is 9.47 Å². The van der Waals surface area contributed by atoms with E-state index in [9.17, 15) is 0 Å². The molecule has 0 N–H and O–H groups in total. The van der Waals surface area contributed by atoms with Crippen LogP contribution in [0, 0.1) is 5.92 Å². The summed E-state index contributed by atoms with van der Waals surface area (Å²) in [5.74, 6) is 1.59. The van der Waals surface area contributed by atoms with Gasteiger partial charge in [0.05, 0.1) is 12.2 Å². The minimum Gasteiger partial charge on any atom is -0.494 e. The topological polar surface area (TPSA) is 18.5 Å². The molecule has 1 radical (unpaired) electrons. The van der Waals surface area contributed by atoms with Crippen molar-refractivity contribution in [1.82, 2.24) is 0 Å². The van der Waals surface area contributed by atoms with E-state index in [0.29, 0.717) is 5.92 Å². The van der Waals surface area contributed by atoms with Crippen LogP contribution in [-0.2, 0) is 4.74 Å². The van der Waals surface area contributed by atoms with Crippen LogP contribution in [0.3, 0.4) is 0 Å². The van der Waals surface area contributed by atoms with Crippen molar-refractivity contribution in [2.75, 3.05) is 13.2 Å². The van der Waals surface area contributed by atoms with E-state index >= 15 is 0 Å². The Kier molecular flexibility index (Phi) is 9.37. The largest absolute Gasteiger partial charge is 0.494 e. The van der Waals surface area contributed by atoms with Gasteiger partial charge in [0.1, 0.15) is 5.75 Å². The van der Waals surface area contributed by atoms with E-state index in [0.717, 1.165) is 36.7 Å². The zero-order chi connectivity index (χ0) is 16.4. The van der Waals surface area contributed by atoms with Gasteiger partial charge in [-0.15, -0.1) is 0 Å². The van der Waals surface area contributed by atoms with Crippen molar-refractivity contribution in [2.45, 2.75) is 63.9 Å². The summed E-state index contributed by atoms with van der Waals surface area (Å²) in [6.45, 7) is 10.3. The van der Waals surface area contributed by atoms with Crippen LogP contribution in [0.15, 0.2) is 29.2 Å². The van der Waals surface area contributed by atoms with Crippen LogP contribution in [0.25, 0.3) is 0 Å². The summed E-state index contributed by atoms with van der Waals surface area (Å²) in [7, 11) is 1.33. The van der Waals surface area contributed by atoms with Gasteiger partial charge in [-0.05, 0) is 80.2 Å². The molecule has 0 amide bonds. The highest BCUT2D eigenvalue weighted by molar-refractivity contribution is 8.68. The molecule has 0 saturated carbocycles. The summed E-state index contributed by atoms with van der Waals surface area (Å²) in [5, 5.41) is 0. The predicted octanol–water partition coefficient (Wildman–Crippen LogP) is 6.28. The molecule has 0 fully saturated rings. The van der Waals surface area contributed by atoms with Crippen LogP contribution in [0.2, 0.25) is 0 Å². The summed E-state index contributed by atoms with van der Waals surface area (Å²) >= 11 is 4.98. The SMILES string of the molecule is CCOC(C)(C)CCCC(C)CCOc1cccc(S[S])c1. The molecule has 2 nitrogen and oxygen atoms in total. The molecule has 125 valence electrons. The Balaban J connectivity index is 2.19. The Morgan fingerprint density at radius 1 is 1.27 bits per heavy atom. The second-order valence-electron chi connectivity index (χ2n) is 6.39. The number of hydrogen-bond acceptors (Lipinski definition) is 3. The summed E-state index contributed by atoms with van der Waals surface area (Å²) in [4.78, 5) is 1.07. The van der Waals surface area contributed by atoms with Crippen molar-refractivity contribution in [1.29, 1.82) is 0 Å². The van der Waals surface area contributed by atoms with Gasteiger partial charge in [0.2, 0.25) is 0 Å². The zero-order valence-electron chi connectivity index (χ0n) is 14.3. The minimum absolute atomic E-state index is 0.00723. The Morgan fingerprint density at radius 3 is 2.73 bits per heavy atom. The van der Waals surface area contributed by atoms with Gasteiger partial charge in [0.15, 0.2) is 0 Å². The summed E-state index contributed by atoms with van der Waals surface area (Å²) in [6, 6.07) is 7.99. The smallest absolute Gasteiger partial charge is 0.120 e.